The molecule has 1 unspecified atom stereocenters. The van der Waals surface area contributed by atoms with Crippen LogP contribution in [0.2, 0.25) is 0 Å². The molecule has 0 aromatic rings. The monoisotopic (exact) mass is 248 g/mol. The Kier molecular flexibility index (Phi) is 2.96. The van der Waals surface area contributed by atoms with Gasteiger partial charge in [0.25, 0.3) is 0 Å². The Morgan fingerprint density at radius 3 is 2.38 bits per heavy atom. The summed E-state index contributed by atoms with van der Waals surface area (Å²) < 4.78 is 28.1. The van der Waals surface area contributed by atoms with Gasteiger partial charge in [-0.2, -0.15) is 0 Å². The maximum atomic E-state index is 11.4. The van der Waals surface area contributed by atoms with Crippen LogP contribution < -0.4 is 0 Å². The molecule has 5 nitrogen and oxygen atoms in total. The number of aliphatic carboxylic acids is 1. The lowest BCUT2D eigenvalue weighted by Crippen LogP contribution is -2.47. The Hall–Kier alpha value is -0.620. The van der Waals surface area contributed by atoms with Crippen LogP contribution in [0.5, 0.6) is 0 Å². The van der Waals surface area contributed by atoms with Gasteiger partial charge in [-0.1, -0.05) is 0 Å². The third-order valence-corrected chi connectivity index (χ3v) is 5.34. The molecule has 0 saturated carbocycles. The molecule has 92 valence electrons. The van der Waals surface area contributed by atoms with Gasteiger partial charge in [-0.15, -0.1) is 0 Å². The molecule has 2 saturated heterocycles. The van der Waals surface area contributed by atoms with Gasteiger partial charge in [-0.05, 0) is 25.7 Å². The summed E-state index contributed by atoms with van der Waals surface area (Å²) in [5.41, 5.74) is -0.970. The lowest BCUT2D eigenvalue weighted by Gasteiger charge is -2.37. The van der Waals surface area contributed by atoms with Crippen LogP contribution in [-0.4, -0.2) is 43.7 Å². The summed E-state index contributed by atoms with van der Waals surface area (Å²) in [6.45, 7) is 0.590. The minimum atomic E-state index is -3.04. The molecule has 16 heavy (non-hydrogen) atoms. The fraction of sp³-hybridized carbons (Fsp3) is 0.900. The van der Waals surface area contributed by atoms with Crippen molar-refractivity contribution in [1.29, 1.82) is 0 Å². The Balaban J connectivity index is 2.21. The van der Waals surface area contributed by atoms with Gasteiger partial charge in [0.15, 0.2) is 0 Å². The largest absolute Gasteiger partial charge is 0.481 e. The summed E-state index contributed by atoms with van der Waals surface area (Å²) in [4.78, 5) is 11.4. The number of hydrogen-bond acceptors (Lipinski definition) is 4. The number of rotatable bonds is 2. The minimum absolute atomic E-state index is 0.0286. The first kappa shape index (κ1) is 11.9. The summed E-state index contributed by atoms with van der Waals surface area (Å²) in [6.07, 6.45) is 1.67. The Labute approximate surface area is 94.7 Å². The highest BCUT2D eigenvalue weighted by molar-refractivity contribution is 7.91. The quantitative estimate of drug-likeness (QED) is 0.767. The molecule has 0 spiro atoms. The number of sulfone groups is 1. The van der Waals surface area contributed by atoms with Gasteiger partial charge in [0.2, 0.25) is 0 Å². The van der Waals surface area contributed by atoms with Crippen molar-refractivity contribution in [2.24, 2.45) is 5.41 Å². The molecule has 6 heteroatoms. The van der Waals surface area contributed by atoms with Gasteiger partial charge in [-0.25, -0.2) is 8.42 Å². The van der Waals surface area contributed by atoms with Crippen molar-refractivity contribution < 1.29 is 23.1 Å². The van der Waals surface area contributed by atoms with Gasteiger partial charge in [0.1, 0.15) is 9.84 Å². The predicted molar refractivity (Wildman–Crippen MR) is 56.9 cm³/mol. The molecular weight excluding hydrogens is 232 g/mol. The van der Waals surface area contributed by atoms with Crippen LogP contribution in [-0.2, 0) is 19.4 Å². The first-order chi connectivity index (χ1) is 7.46. The zero-order valence-corrected chi connectivity index (χ0v) is 9.83. The summed E-state index contributed by atoms with van der Waals surface area (Å²) in [5.74, 6) is -0.965. The van der Waals surface area contributed by atoms with E-state index >= 15 is 0 Å². The van der Waals surface area contributed by atoms with Crippen LogP contribution in [0.3, 0.4) is 0 Å². The number of carboxylic acid groups (broad SMARTS) is 1. The van der Waals surface area contributed by atoms with Crippen LogP contribution in [0.4, 0.5) is 0 Å². The lowest BCUT2D eigenvalue weighted by atomic mass is 9.75. The standard InChI is InChI=1S/C10H16O5S/c11-9(12)10(8-2-1-5-15-8)3-6-16(13,14)7-4-10/h8H,1-7H2,(H,11,12). The van der Waals surface area contributed by atoms with Crippen molar-refractivity contribution in [3.05, 3.63) is 0 Å². The molecule has 0 radical (unpaired) electrons. The van der Waals surface area contributed by atoms with Crippen molar-refractivity contribution in [1.82, 2.24) is 0 Å². The third-order valence-electron chi connectivity index (χ3n) is 3.69. The smallest absolute Gasteiger partial charge is 0.312 e. The summed E-state index contributed by atoms with van der Waals surface area (Å²) >= 11 is 0. The normalized spacial score (nSPS) is 32.4. The van der Waals surface area contributed by atoms with E-state index in [9.17, 15) is 18.3 Å². The molecule has 0 aromatic heterocycles. The van der Waals surface area contributed by atoms with Gasteiger partial charge in [-0.3, -0.25) is 4.79 Å². The highest BCUT2D eigenvalue weighted by Crippen LogP contribution is 2.41. The van der Waals surface area contributed by atoms with Gasteiger partial charge in [0, 0.05) is 6.61 Å². The van der Waals surface area contributed by atoms with Crippen LogP contribution in [0.15, 0.2) is 0 Å². The van der Waals surface area contributed by atoms with E-state index in [-0.39, 0.29) is 30.5 Å². The van der Waals surface area contributed by atoms with Crippen molar-refractivity contribution in [2.45, 2.75) is 31.8 Å². The van der Waals surface area contributed by atoms with E-state index in [0.717, 1.165) is 12.8 Å². The average Bonchev–Trinajstić information content (AvgIpc) is 2.71. The fourth-order valence-electron chi connectivity index (χ4n) is 2.59. The molecule has 2 aliphatic rings. The number of carboxylic acids is 1. The van der Waals surface area contributed by atoms with E-state index in [2.05, 4.69) is 0 Å². The summed E-state index contributed by atoms with van der Waals surface area (Å²) in [5, 5.41) is 9.34. The van der Waals surface area contributed by atoms with Crippen molar-refractivity contribution >= 4 is 15.8 Å². The maximum absolute atomic E-state index is 11.4. The minimum Gasteiger partial charge on any atom is -0.481 e. The van der Waals surface area contributed by atoms with Gasteiger partial charge >= 0.3 is 5.97 Å². The number of carbonyl (C=O) groups is 1. The zero-order chi connectivity index (χ0) is 11.8. The van der Waals surface area contributed by atoms with E-state index < -0.39 is 21.2 Å². The molecule has 2 rings (SSSR count). The first-order valence-electron chi connectivity index (χ1n) is 5.52. The molecule has 2 heterocycles. The second-order valence-corrected chi connectivity index (χ2v) is 6.92. The highest BCUT2D eigenvalue weighted by atomic mass is 32.2. The first-order valence-corrected chi connectivity index (χ1v) is 7.34. The Morgan fingerprint density at radius 1 is 1.31 bits per heavy atom. The average molecular weight is 248 g/mol. The SMILES string of the molecule is O=C(O)C1(C2CCCO2)CCS(=O)(=O)CC1. The molecule has 0 bridgehead atoms. The molecule has 0 amide bonds. The van der Waals surface area contributed by atoms with Gasteiger partial charge in [0.05, 0.1) is 23.0 Å². The van der Waals surface area contributed by atoms with Crippen molar-refractivity contribution in [2.75, 3.05) is 18.1 Å². The number of ether oxygens (including phenoxy) is 1. The summed E-state index contributed by atoms with van der Waals surface area (Å²) in [7, 11) is -3.04. The van der Waals surface area contributed by atoms with E-state index in [1.54, 1.807) is 0 Å². The molecule has 1 atom stereocenters. The fourth-order valence-corrected chi connectivity index (χ4v) is 4.14. The van der Waals surface area contributed by atoms with E-state index in [4.69, 9.17) is 4.74 Å². The molecule has 2 fully saturated rings. The maximum Gasteiger partial charge on any atom is 0.312 e. The Morgan fingerprint density at radius 2 is 1.94 bits per heavy atom. The van der Waals surface area contributed by atoms with Crippen molar-refractivity contribution in [3.63, 3.8) is 0 Å². The predicted octanol–water partition coefficient (Wildman–Crippen LogP) is 0.445. The third kappa shape index (κ3) is 1.96. The van der Waals surface area contributed by atoms with Crippen molar-refractivity contribution in [3.8, 4) is 0 Å². The molecule has 0 aromatic carbocycles. The highest BCUT2D eigenvalue weighted by Gasteiger charge is 2.50. The lowest BCUT2D eigenvalue weighted by molar-refractivity contribution is -0.158. The number of hydrogen-bond donors (Lipinski definition) is 1. The van der Waals surface area contributed by atoms with E-state index in [1.165, 1.54) is 0 Å². The molecular formula is C10H16O5S. The molecule has 1 N–H and O–H groups in total. The second-order valence-electron chi connectivity index (χ2n) is 4.61. The Bertz CT molecular complexity index is 366. The van der Waals surface area contributed by atoms with Gasteiger partial charge < -0.3 is 9.84 Å². The van der Waals surface area contributed by atoms with Crippen LogP contribution in [0.1, 0.15) is 25.7 Å². The van der Waals surface area contributed by atoms with Crippen LogP contribution in [0.25, 0.3) is 0 Å². The van der Waals surface area contributed by atoms with E-state index in [0.29, 0.717) is 6.61 Å². The van der Waals surface area contributed by atoms with Crippen LogP contribution >= 0.6 is 0 Å². The summed E-state index contributed by atoms with van der Waals surface area (Å²) in [6, 6.07) is 0. The molecule has 2 aliphatic heterocycles. The topological polar surface area (TPSA) is 80.7 Å². The van der Waals surface area contributed by atoms with E-state index in [1.807, 2.05) is 0 Å². The second kappa shape index (κ2) is 4.00. The molecule has 0 aliphatic carbocycles. The van der Waals surface area contributed by atoms with Crippen LogP contribution in [0, 0.1) is 5.41 Å². The zero-order valence-electron chi connectivity index (χ0n) is 9.02.